The average Bonchev–Trinajstić information content (AvgIpc) is 2.17. The van der Waals surface area contributed by atoms with Crippen LogP contribution in [0.1, 0.15) is 26.3 Å². The molecule has 94 valence electrons. The molecule has 1 amide bonds. The zero-order valence-electron chi connectivity index (χ0n) is 10.2. The molecule has 0 spiro atoms. The van der Waals surface area contributed by atoms with Crippen LogP contribution in [0.15, 0.2) is 18.2 Å². The quantitative estimate of drug-likeness (QED) is 0.800. The van der Waals surface area contributed by atoms with Gasteiger partial charge in [-0.25, -0.2) is 4.79 Å². The van der Waals surface area contributed by atoms with Crippen LogP contribution in [0, 0.1) is 0 Å². The molecule has 0 aromatic heterocycles. The predicted octanol–water partition coefficient (Wildman–Crippen LogP) is 2.95. The molecule has 0 saturated carbocycles. The molecule has 0 atom stereocenters. The number of hydrogen-bond donors (Lipinski definition) is 2. The first kappa shape index (κ1) is 13.6. The number of amides is 1. The molecule has 0 unspecified atom stereocenters. The van der Waals surface area contributed by atoms with Gasteiger partial charge in [0.05, 0.1) is 10.7 Å². The monoisotopic (exact) mass is 256 g/mol. The maximum absolute atomic E-state index is 11.4. The Morgan fingerprint density at radius 2 is 2.12 bits per heavy atom. The van der Waals surface area contributed by atoms with Crippen molar-refractivity contribution in [3.8, 4) is 0 Å². The van der Waals surface area contributed by atoms with E-state index in [1.54, 1.807) is 18.2 Å². The van der Waals surface area contributed by atoms with Gasteiger partial charge in [0.25, 0.3) is 0 Å². The Labute approximate surface area is 106 Å². The lowest BCUT2D eigenvalue weighted by Gasteiger charge is -2.20. The molecule has 17 heavy (non-hydrogen) atoms. The smallest absolute Gasteiger partial charge is 0.407 e. The molecular formula is C12H17ClN2O2. The Kier molecular flexibility index (Phi) is 4.23. The normalized spacial score (nSPS) is 11.1. The number of nitrogens with two attached hydrogens (primary N) is 1. The van der Waals surface area contributed by atoms with Crippen LogP contribution in [0.25, 0.3) is 0 Å². The van der Waals surface area contributed by atoms with Crippen molar-refractivity contribution in [3.05, 3.63) is 28.8 Å². The van der Waals surface area contributed by atoms with Gasteiger partial charge in [-0.15, -0.1) is 0 Å². The number of nitrogens with one attached hydrogen (secondary N) is 1. The highest BCUT2D eigenvalue weighted by Gasteiger charge is 2.14. The SMILES string of the molecule is CC(C)(C)NC(=O)OCc1ccc(Cl)c(N)c1. The highest BCUT2D eigenvalue weighted by molar-refractivity contribution is 6.33. The number of hydrogen-bond acceptors (Lipinski definition) is 3. The van der Waals surface area contributed by atoms with E-state index in [1.807, 2.05) is 20.8 Å². The molecule has 1 aromatic rings. The lowest BCUT2D eigenvalue weighted by molar-refractivity contribution is 0.131. The van der Waals surface area contributed by atoms with Gasteiger partial charge in [0.15, 0.2) is 0 Å². The van der Waals surface area contributed by atoms with Crippen molar-refractivity contribution in [2.45, 2.75) is 32.9 Å². The van der Waals surface area contributed by atoms with Gasteiger partial charge in [0.2, 0.25) is 0 Å². The Hall–Kier alpha value is -1.42. The van der Waals surface area contributed by atoms with Crippen LogP contribution in [0.2, 0.25) is 5.02 Å². The molecule has 1 aromatic carbocycles. The Morgan fingerprint density at radius 3 is 2.65 bits per heavy atom. The summed E-state index contributed by atoms with van der Waals surface area (Å²) in [6.45, 7) is 5.82. The molecule has 0 aliphatic rings. The molecule has 0 saturated heterocycles. The third-order valence-corrected chi connectivity index (χ3v) is 2.25. The maximum atomic E-state index is 11.4. The van der Waals surface area contributed by atoms with E-state index < -0.39 is 6.09 Å². The van der Waals surface area contributed by atoms with E-state index in [4.69, 9.17) is 22.1 Å². The second-order valence-electron chi connectivity index (χ2n) is 4.81. The lowest BCUT2D eigenvalue weighted by atomic mass is 10.1. The maximum Gasteiger partial charge on any atom is 0.407 e. The number of halogens is 1. The van der Waals surface area contributed by atoms with Crippen molar-refractivity contribution in [1.82, 2.24) is 5.32 Å². The van der Waals surface area contributed by atoms with Crippen molar-refractivity contribution in [2.75, 3.05) is 5.73 Å². The molecule has 3 N–H and O–H groups in total. The van der Waals surface area contributed by atoms with Gasteiger partial charge in [0, 0.05) is 5.54 Å². The van der Waals surface area contributed by atoms with E-state index >= 15 is 0 Å². The van der Waals surface area contributed by atoms with Crippen molar-refractivity contribution in [1.29, 1.82) is 0 Å². The first-order valence-corrected chi connectivity index (χ1v) is 5.64. The summed E-state index contributed by atoms with van der Waals surface area (Å²) < 4.78 is 5.05. The fourth-order valence-corrected chi connectivity index (χ4v) is 1.29. The average molecular weight is 257 g/mol. The third kappa shape index (κ3) is 4.95. The van der Waals surface area contributed by atoms with E-state index in [2.05, 4.69) is 5.32 Å². The fraction of sp³-hybridized carbons (Fsp3) is 0.417. The van der Waals surface area contributed by atoms with Gasteiger partial charge in [-0.05, 0) is 38.5 Å². The van der Waals surface area contributed by atoms with Gasteiger partial charge in [0.1, 0.15) is 6.61 Å². The standard InChI is InChI=1S/C12H17ClN2O2/c1-12(2,3)15-11(16)17-7-8-4-5-9(13)10(14)6-8/h4-6H,7,14H2,1-3H3,(H,15,16). The van der Waals surface area contributed by atoms with Crippen LogP contribution in [0.4, 0.5) is 10.5 Å². The molecular weight excluding hydrogens is 240 g/mol. The van der Waals surface area contributed by atoms with Crippen LogP contribution >= 0.6 is 11.6 Å². The van der Waals surface area contributed by atoms with Crippen LogP contribution in [-0.2, 0) is 11.3 Å². The Balaban J connectivity index is 2.50. The molecule has 0 heterocycles. The molecule has 4 nitrogen and oxygen atoms in total. The van der Waals surface area contributed by atoms with E-state index in [9.17, 15) is 4.79 Å². The molecule has 0 aliphatic heterocycles. The summed E-state index contributed by atoms with van der Waals surface area (Å²) in [6, 6.07) is 5.13. The Bertz CT molecular complexity index is 413. The van der Waals surface area contributed by atoms with Gasteiger partial charge < -0.3 is 15.8 Å². The van der Waals surface area contributed by atoms with E-state index in [1.165, 1.54) is 0 Å². The van der Waals surface area contributed by atoms with Crippen LogP contribution in [-0.4, -0.2) is 11.6 Å². The first-order chi connectivity index (χ1) is 7.78. The summed E-state index contributed by atoms with van der Waals surface area (Å²) in [5.74, 6) is 0. The predicted molar refractivity (Wildman–Crippen MR) is 68.9 cm³/mol. The summed E-state index contributed by atoms with van der Waals surface area (Å²) in [4.78, 5) is 11.4. The minimum Gasteiger partial charge on any atom is -0.445 e. The van der Waals surface area contributed by atoms with Crippen LogP contribution in [0.3, 0.4) is 0 Å². The van der Waals surface area contributed by atoms with Crippen LogP contribution < -0.4 is 11.1 Å². The number of ether oxygens (including phenoxy) is 1. The fourth-order valence-electron chi connectivity index (χ4n) is 1.17. The molecule has 1 rings (SSSR count). The van der Waals surface area contributed by atoms with Crippen molar-refractivity contribution in [2.24, 2.45) is 0 Å². The highest BCUT2D eigenvalue weighted by Crippen LogP contribution is 2.19. The molecule has 0 radical (unpaired) electrons. The summed E-state index contributed by atoms with van der Waals surface area (Å²) in [5.41, 5.74) is 6.61. The highest BCUT2D eigenvalue weighted by atomic mass is 35.5. The first-order valence-electron chi connectivity index (χ1n) is 5.27. The molecule has 0 bridgehead atoms. The lowest BCUT2D eigenvalue weighted by Crippen LogP contribution is -2.40. The van der Waals surface area contributed by atoms with Crippen molar-refractivity contribution < 1.29 is 9.53 Å². The summed E-state index contributed by atoms with van der Waals surface area (Å²) >= 11 is 5.79. The number of anilines is 1. The number of carbonyl (C=O) groups is 1. The van der Waals surface area contributed by atoms with Gasteiger partial charge in [-0.1, -0.05) is 17.7 Å². The van der Waals surface area contributed by atoms with Crippen molar-refractivity contribution >= 4 is 23.4 Å². The minimum atomic E-state index is -0.453. The van der Waals surface area contributed by atoms with Gasteiger partial charge in [-0.3, -0.25) is 0 Å². The van der Waals surface area contributed by atoms with Crippen LogP contribution in [0.5, 0.6) is 0 Å². The van der Waals surface area contributed by atoms with Crippen molar-refractivity contribution in [3.63, 3.8) is 0 Å². The number of alkyl carbamates (subject to hydrolysis) is 1. The number of benzene rings is 1. The second-order valence-corrected chi connectivity index (χ2v) is 5.21. The topological polar surface area (TPSA) is 64.3 Å². The number of carbonyl (C=O) groups excluding carboxylic acids is 1. The number of nitrogen functional groups attached to an aromatic ring is 1. The minimum absolute atomic E-state index is 0.170. The van der Waals surface area contributed by atoms with Gasteiger partial charge >= 0.3 is 6.09 Å². The number of rotatable bonds is 2. The van der Waals surface area contributed by atoms with E-state index in [0.717, 1.165) is 5.56 Å². The molecule has 0 fully saturated rings. The Morgan fingerprint density at radius 1 is 1.47 bits per heavy atom. The summed E-state index contributed by atoms with van der Waals surface area (Å²) in [5, 5.41) is 3.19. The second kappa shape index (κ2) is 5.27. The third-order valence-electron chi connectivity index (χ3n) is 1.91. The van der Waals surface area contributed by atoms with E-state index in [0.29, 0.717) is 10.7 Å². The largest absolute Gasteiger partial charge is 0.445 e. The molecule has 0 aliphatic carbocycles. The summed E-state index contributed by atoms with van der Waals surface area (Å²) in [7, 11) is 0. The zero-order valence-corrected chi connectivity index (χ0v) is 11.0. The summed E-state index contributed by atoms with van der Waals surface area (Å²) in [6.07, 6.45) is -0.453. The molecule has 5 heteroatoms. The van der Waals surface area contributed by atoms with E-state index in [-0.39, 0.29) is 12.1 Å². The van der Waals surface area contributed by atoms with Gasteiger partial charge in [-0.2, -0.15) is 0 Å². The zero-order chi connectivity index (χ0) is 13.1.